The van der Waals surface area contributed by atoms with E-state index < -0.39 is 0 Å². The first kappa shape index (κ1) is 13.6. The van der Waals surface area contributed by atoms with E-state index in [-0.39, 0.29) is 6.04 Å². The Morgan fingerprint density at radius 1 is 1.26 bits per heavy atom. The largest absolute Gasteiger partial charge is 0.324 e. The molecule has 98 valence electrons. The van der Waals surface area contributed by atoms with Gasteiger partial charge < -0.3 is 5.73 Å². The summed E-state index contributed by atoms with van der Waals surface area (Å²) in [5, 5.41) is 0. The summed E-state index contributed by atoms with van der Waals surface area (Å²) in [5.41, 5.74) is 10.6. The molecule has 0 fully saturated rings. The van der Waals surface area contributed by atoms with Crippen LogP contribution in [0.25, 0.3) is 0 Å². The molecule has 0 spiro atoms. The Bertz CT molecular complexity index is 611. The lowest BCUT2D eigenvalue weighted by Gasteiger charge is -2.32. The zero-order valence-electron chi connectivity index (χ0n) is 10.4. The predicted octanol–water partition coefficient (Wildman–Crippen LogP) is 4.78. The van der Waals surface area contributed by atoms with Gasteiger partial charge in [-0.3, -0.25) is 0 Å². The second kappa shape index (κ2) is 5.54. The molecule has 1 aliphatic rings. The normalized spacial score (nSPS) is 18.6. The van der Waals surface area contributed by atoms with Gasteiger partial charge in [-0.15, -0.1) is 0 Å². The van der Waals surface area contributed by atoms with Crippen molar-refractivity contribution in [3.8, 4) is 0 Å². The fourth-order valence-corrected chi connectivity index (χ4v) is 3.86. The Balaban J connectivity index is 1.76. The topological polar surface area (TPSA) is 26.0 Å². The van der Waals surface area contributed by atoms with Crippen molar-refractivity contribution < 1.29 is 0 Å². The van der Waals surface area contributed by atoms with Crippen molar-refractivity contribution >= 4 is 38.5 Å². The van der Waals surface area contributed by atoms with Crippen molar-refractivity contribution in [1.29, 1.82) is 0 Å². The summed E-state index contributed by atoms with van der Waals surface area (Å²) in [4.78, 5) is 0. The van der Waals surface area contributed by atoms with E-state index in [9.17, 15) is 0 Å². The molecule has 0 bridgehead atoms. The predicted molar refractivity (Wildman–Crippen MR) is 91.3 cm³/mol. The Morgan fingerprint density at radius 3 is 2.84 bits per heavy atom. The average molecular weight is 428 g/mol. The first-order chi connectivity index (χ1) is 9.15. The molecule has 2 N–H and O–H groups in total. The van der Waals surface area contributed by atoms with Crippen LogP contribution < -0.4 is 5.73 Å². The van der Waals surface area contributed by atoms with Gasteiger partial charge in [-0.05, 0) is 76.2 Å². The fraction of sp³-hybridized carbons (Fsp3) is 0.250. The van der Waals surface area contributed by atoms with Crippen LogP contribution in [0.15, 0.2) is 46.9 Å². The van der Waals surface area contributed by atoms with Crippen LogP contribution in [-0.2, 0) is 6.42 Å². The third kappa shape index (κ3) is 2.73. The minimum Gasteiger partial charge on any atom is -0.324 e. The number of nitrogens with two attached hydrogens (primary N) is 1. The molecule has 0 amide bonds. The van der Waals surface area contributed by atoms with Crippen LogP contribution in [0.2, 0.25) is 0 Å². The molecule has 0 aromatic heterocycles. The van der Waals surface area contributed by atoms with Gasteiger partial charge in [0.05, 0.1) is 0 Å². The molecule has 0 saturated heterocycles. The average Bonchev–Trinajstić information content (AvgIpc) is 2.38. The highest BCUT2D eigenvalue weighted by atomic mass is 127. The van der Waals surface area contributed by atoms with E-state index in [1.54, 1.807) is 0 Å². The maximum absolute atomic E-state index is 6.40. The Kier molecular flexibility index (Phi) is 3.96. The zero-order valence-corrected chi connectivity index (χ0v) is 14.2. The van der Waals surface area contributed by atoms with Gasteiger partial charge in [0.2, 0.25) is 0 Å². The number of fused-ring (bicyclic) bond motifs is 1. The molecule has 3 heteroatoms. The molecule has 19 heavy (non-hydrogen) atoms. The Morgan fingerprint density at radius 2 is 2.05 bits per heavy atom. The smallest absolute Gasteiger partial charge is 0.0312 e. The summed E-state index contributed by atoms with van der Waals surface area (Å²) in [6.45, 7) is 0. The molecule has 2 unspecified atom stereocenters. The fourth-order valence-electron chi connectivity index (χ4n) is 2.81. The van der Waals surface area contributed by atoms with Crippen molar-refractivity contribution in [3.63, 3.8) is 0 Å². The molecule has 0 heterocycles. The molecule has 3 rings (SSSR count). The second-order valence-electron chi connectivity index (χ2n) is 5.11. The van der Waals surface area contributed by atoms with Crippen LogP contribution >= 0.6 is 38.5 Å². The second-order valence-corrected chi connectivity index (χ2v) is 7.21. The van der Waals surface area contributed by atoms with Gasteiger partial charge in [-0.1, -0.05) is 40.2 Å². The highest BCUT2D eigenvalue weighted by Crippen LogP contribution is 2.41. The highest BCUT2D eigenvalue weighted by molar-refractivity contribution is 14.1. The molecule has 0 radical (unpaired) electrons. The van der Waals surface area contributed by atoms with E-state index in [0.29, 0.717) is 5.92 Å². The van der Waals surface area contributed by atoms with Crippen molar-refractivity contribution in [2.45, 2.75) is 24.8 Å². The van der Waals surface area contributed by atoms with Crippen molar-refractivity contribution in [3.05, 3.63) is 67.2 Å². The lowest BCUT2D eigenvalue weighted by Crippen LogP contribution is -2.23. The van der Waals surface area contributed by atoms with Gasteiger partial charge in [0.25, 0.3) is 0 Å². The summed E-state index contributed by atoms with van der Waals surface area (Å²) in [6.07, 6.45) is 2.20. The van der Waals surface area contributed by atoms with Gasteiger partial charge in [-0.25, -0.2) is 0 Å². The van der Waals surface area contributed by atoms with E-state index in [1.165, 1.54) is 26.7 Å². The minimum absolute atomic E-state index is 0.0995. The van der Waals surface area contributed by atoms with Crippen LogP contribution in [0.1, 0.15) is 35.1 Å². The molecular weight excluding hydrogens is 413 g/mol. The van der Waals surface area contributed by atoms with E-state index in [4.69, 9.17) is 5.73 Å². The minimum atomic E-state index is 0.0995. The third-order valence-corrected chi connectivity index (χ3v) is 5.25. The zero-order chi connectivity index (χ0) is 13.4. The van der Waals surface area contributed by atoms with Crippen LogP contribution in [-0.4, -0.2) is 0 Å². The van der Waals surface area contributed by atoms with Gasteiger partial charge in [0, 0.05) is 14.1 Å². The quantitative estimate of drug-likeness (QED) is 0.700. The van der Waals surface area contributed by atoms with Crippen LogP contribution in [0.4, 0.5) is 0 Å². The first-order valence-electron chi connectivity index (χ1n) is 6.43. The highest BCUT2D eigenvalue weighted by Gasteiger charge is 2.27. The van der Waals surface area contributed by atoms with Gasteiger partial charge in [-0.2, -0.15) is 0 Å². The first-order valence-corrected chi connectivity index (χ1v) is 8.30. The number of hydrogen-bond donors (Lipinski definition) is 1. The molecule has 2 atom stereocenters. The van der Waals surface area contributed by atoms with Crippen LogP contribution in [0, 0.1) is 3.57 Å². The van der Waals surface area contributed by atoms with Gasteiger partial charge >= 0.3 is 0 Å². The number of halogens is 2. The summed E-state index contributed by atoms with van der Waals surface area (Å²) in [6, 6.07) is 15.2. The summed E-state index contributed by atoms with van der Waals surface area (Å²) < 4.78 is 2.35. The lowest BCUT2D eigenvalue weighted by atomic mass is 9.74. The molecule has 2 aromatic rings. The molecule has 0 aliphatic heterocycles. The third-order valence-electron chi connectivity index (χ3n) is 3.86. The van der Waals surface area contributed by atoms with Gasteiger partial charge in [0.15, 0.2) is 0 Å². The molecule has 0 saturated carbocycles. The van der Waals surface area contributed by atoms with E-state index in [1.807, 2.05) is 0 Å². The van der Waals surface area contributed by atoms with E-state index in [2.05, 4.69) is 81.0 Å². The van der Waals surface area contributed by atoms with Crippen molar-refractivity contribution in [2.24, 2.45) is 5.73 Å². The number of rotatable bonds is 3. The number of benzene rings is 2. The molecular formula is C16H15BrIN. The standard InChI is InChI=1S/C16H15BrIN/c17-15-6-5-12(18)9-14(15)16(19)8-11-7-10-3-1-2-4-13(10)11/h1-6,9,11,16H,7-8,19H2. The van der Waals surface area contributed by atoms with Crippen molar-refractivity contribution in [1.82, 2.24) is 0 Å². The summed E-state index contributed by atoms with van der Waals surface area (Å²) in [7, 11) is 0. The van der Waals surface area contributed by atoms with E-state index in [0.717, 1.165) is 10.9 Å². The van der Waals surface area contributed by atoms with Crippen LogP contribution in [0.5, 0.6) is 0 Å². The monoisotopic (exact) mass is 427 g/mol. The van der Waals surface area contributed by atoms with Gasteiger partial charge in [0.1, 0.15) is 0 Å². The lowest BCUT2D eigenvalue weighted by molar-refractivity contribution is 0.497. The maximum Gasteiger partial charge on any atom is 0.0312 e. The van der Waals surface area contributed by atoms with Crippen LogP contribution in [0.3, 0.4) is 0 Å². The summed E-state index contributed by atoms with van der Waals surface area (Å²) >= 11 is 5.95. The molecule has 2 aromatic carbocycles. The number of hydrogen-bond acceptors (Lipinski definition) is 1. The van der Waals surface area contributed by atoms with Crippen molar-refractivity contribution in [2.75, 3.05) is 0 Å². The molecule has 1 nitrogen and oxygen atoms in total. The maximum atomic E-state index is 6.40. The SMILES string of the molecule is NC(CC1Cc2ccccc21)c1cc(I)ccc1Br. The Hall–Kier alpha value is -0.390. The Labute approximate surface area is 135 Å². The van der Waals surface area contributed by atoms with E-state index >= 15 is 0 Å². The summed E-state index contributed by atoms with van der Waals surface area (Å²) in [5.74, 6) is 0.621. The molecule has 1 aliphatic carbocycles.